The quantitative estimate of drug-likeness (QED) is 0.776. The first-order chi connectivity index (χ1) is 7.18. The molecule has 78 valence electrons. The summed E-state index contributed by atoms with van der Waals surface area (Å²) in [4.78, 5) is 14.7. The van der Waals surface area contributed by atoms with Crippen molar-refractivity contribution < 1.29 is 4.79 Å². The highest BCUT2D eigenvalue weighted by atomic mass is 35.5. The van der Waals surface area contributed by atoms with Crippen molar-refractivity contribution in [1.29, 1.82) is 0 Å². The maximum atomic E-state index is 10.7. The molecule has 0 aromatic carbocycles. The minimum absolute atomic E-state index is 0.284. The SMILES string of the molecule is O=C(Cl)CCc1c(Cl)ccn2cncc12. The summed E-state index contributed by atoms with van der Waals surface area (Å²) in [5, 5.41) is 0.286. The van der Waals surface area contributed by atoms with Crippen LogP contribution in [-0.4, -0.2) is 14.6 Å². The summed E-state index contributed by atoms with van der Waals surface area (Å²) in [5.74, 6) is 0. The fourth-order valence-corrected chi connectivity index (χ4v) is 1.84. The number of nitrogens with zero attached hydrogens (tertiary/aromatic N) is 2. The van der Waals surface area contributed by atoms with Gasteiger partial charge in [-0.05, 0) is 29.7 Å². The van der Waals surface area contributed by atoms with Gasteiger partial charge in [0.05, 0.1) is 18.0 Å². The topological polar surface area (TPSA) is 34.4 Å². The van der Waals surface area contributed by atoms with Gasteiger partial charge in [0, 0.05) is 17.6 Å². The van der Waals surface area contributed by atoms with Crippen LogP contribution < -0.4 is 0 Å². The van der Waals surface area contributed by atoms with Crippen molar-refractivity contribution in [2.75, 3.05) is 0 Å². The van der Waals surface area contributed by atoms with Crippen molar-refractivity contribution in [3.05, 3.63) is 35.4 Å². The van der Waals surface area contributed by atoms with Gasteiger partial charge in [-0.3, -0.25) is 4.79 Å². The first kappa shape index (κ1) is 10.5. The van der Waals surface area contributed by atoms with Crippen LogP contribution in [0.2, 0.25) is 5.02 Å². The molecule has 0 aliphatic rings. The Balaban J connectivity index is 2.42. The fourth-order valence-electron chi connectivity index (χ4n) is 1.50. The molecule has 2 rings (SSSR count). The van der Waals surface area contributed by atoms with Crippen LogP contribution in [0.5, 0.6) is 0 Å². The number of rotatable bonds is 3. The minimum atomic E-state index is -0.354. The summed E-state index contributed by atoms with van der Waals surface area (Å²) < 4.78 is 1.86. The van der Waals surface area contributed by atoms with Gasteiger partial charge in [-0.1, -0.05) is 11.6 Å². The lowest BCUT2D eigenvalue weighted by atomic mass is 10.1. The Morgan fingerprint density at radius 1 is 1.53 bits per heavy atom. The van der Waals surface area contributed by atoms with Crippen LogP contribution in [0.15, 0.2) is 24.8 Å². The van der Waals surface area contributed by atoms with E-state index in [-0.39, 0.29) is 11.7 Å². The Hall–Kier alpha value is -1.06. The Bertz CT molecular complexity index is 507. The number of aromatic nitrogens is 2. The van der Waals surface area contributed by atoms with E-state index in [9.17, 15) is 4.79 Å². The van der Waals surface area contributed by atoms with Crippen molar-refractivity contribution in [3.8, 4) is 0 Å². The molecule has 0 unspecified atom stereocenters. The van der Waals surface area contributed by atoms with Gasteiger partial charge in [-0.15, -0.1) is 0 Å². The number of carbonyl (C=O) groups is 1. The lowest BCUT2D eigenvalue weighted by Crippen LogP contribution is -1.96. The highest BCUT2D eigenvalue weighted by Crippen LogP contribution is 2.22. The van der Waals surface area contributed by atoms with E-state index in [1.54, 1.807) is 18.6 Å². The largest absolute Gasteiger partial charge is 0.306 e. The molecule has 5 heteroatoms. The highest BCUT2D eigenvalue weighted by Gasteiger charge is 2.08. The molecule has 0 spiro atoms. The molecular formula is C10H8Cl2N2O. The van der Waals surface area contributed by atoms with Crippen LogP contribution in [0, 0.1) is 0 Å². The molecule has 2 aromatic rings. The van der Waals surface area contributed by atoms with Gasteiger partial charge in [0.2, 0.25) is 5.24 Å². The number of carbonyl (C=O) groups excluding carboxylic acids is 1. The van der Waals surface area contributed by atoms with E-state index in [2.05, 4.69) is 4.98 Å². The van der Waals surface area contributed by atoms with E-state index >= 15 is 0 Å². The van der Waals surface area contributed by atoms with Crippen LogP contribution in [0.1, 0.15) is 12.0 Å². The number of fused-ring (bicyclic) bond motifs is 1. The second-order valence-corrected chi connectivity index (χ2v) is 4.01. The van der Waals surface area contributed by atoms with E-state index in [1.807, 2.05) is 10.6 Å². The Kier molecular flexibility index (Phi) is 2.93. The molecule has 0 saturated heterocycles. The van der Waals surface area contributed by atoms with E-state index in [0.717, 1.165) is 11.1 Å². The lowest BCUT2D eigenvalue weighted by Gasteiger charge is -2.04. The van der Waals surface area contributed by atoms with Gasteiger partial charge in [-0.25, -0.2) is 4.98 Å². The van der Waals surface area contributed by atoms with Gasteiger partial charge in [0.1, 0.15) is 0 Å². The van der Waals surface area contributed by atoms with E-state index in [0.29, 0.717) is 11.4 Å². The molecule has 0 saturated carbocycles. The summed E-state index contributed by atoms with van der Waals surface area (Å²) in [6, 6.07) is 1.78. The monoisotopic (exact) mass is 242 g/mol. The van der Waals surface area contributed by atoms with Gasteiger partial charge < -0.3 is 4.40 Å². The van der Waals surface area contributed by atoms with Crippen molar-refractivity contribution in [2.45, 2.75) is 12.8 Å². The molecule has 0 aliphatic carbocycles. The third-order valence-electron chi connectivity index (χ3n) is 2.22. The first-order valence-electron chi connectivity index (χ1n) is 4.46. The van der Waals surface area contributed by atoms with Crippen LogP contribution in [0.25, 0.3) is 5.52 Å². The Morgan fingerprint density at radius 3 is 3.07 bits per heavy atom. The van der Waals surface area contributed by atoms with Gasteiger partial charge in [0.25, 0.3) is 0 Å². The van der Waals surface area contributed by atoms with Crippen molar-refractivity contribution in [3.63, 3.8) is 0 Å². The molecule has 0 N–H and O–H groups in total. The second-order valence-electron chi connectivity index (χ2n) is 3.18. The van der Waals surface area contributed by atoms with Crippen molar-refractivity contribution >= 4 is 34.0 Å². The number of halogens is 2. The summed E-state index contributed by atoms with van der Waals surface area (Å²) in [7, 11) is 0. The molecule has 3 nitrogen and oxygen atoms in total. The van der Waals surface area contributed by atoms with Gasteiger partial charge in [0.15, 0.2) is 0 Å². The third-order valence-corrected chi connectivity index (χ3v) is 2.76. The maximum Gasteiger partial charge on any atom is 0.221 e. The van der Waals surface area contributed by atoms with Crippen LogP contribution in [0.3, 0.4) is 0 Å². The third kappa shape index (κ3) is 2.13. The number of imidazole rings is 1. The Labute approximate surface area is 96.6 Å². The number of pyridine rings is 1. The molecule has 15 heavy (non-hydrogen) atoms. The molecule has 2 heterocycles. The molecule has 0 bridgehead atoms. The molecular weight excluding hydrogens is 235 g/mol. The molecule has 0 amide bonds. The average Bonchev–Trinajstić information content (AvgIpc) is 2.63. The summed E-state index contributed by atoms with van der Waals surface area (Å²) in [6.07, 6.45) is 6.07. The van der Waals surface area contributed by atoms with Gasteiger partial charge >= 0.3 is 0 Å². The zero-order valence-electron chi connectivity index (χ0n) is 7.78. The second kappa shape index (κ2) is 4.21. The zero-order valence-corrected chi connectivity index (χ0v) is 9.29. The van der Waals surface area contributed by atoms with Crippen LogP contribution >= 0.6 is 23.2 Å². The summed E-state index contributed by atoms with van der Waals surface area (Å²) >= 11 is 11.3. The maximum absolute atomic E-state index is 10.7. The smallest absolute Gasteiger partial charge is 0.221 e. The number of aryl methyl sites for hydroxylation is 1. The summed E-state index contributed by atoms with van der Waals surface area (Å²) in [5.41, 5.74) is 1.83. The Morgan fingerprint density at radius 2 is 2.33 bits per heavy atom. The van der Waals surface area contributed by atoms with Gasteiger partial charge in [-0.2, -0.15) is 0 Å². The fraction of sp³-hybridized carbons (Fsp3) is 0.200. The standard InChI is InChI=1S/C10H8Cl2N2O/c11-8-3-4-14-6-13-5-9(14)7(8)1-2-10(12)15/h3-6H,1-2H2. The molecule has 0 radical (unpaired) electrons. The lowest BCUT2D eigenvalue weighted by molar-refractivity contribution is -0.111. The predicted octanol–water partition coefficient (Wildman–Crippen LogP) is 2.69. The van der Waals surface area contributed by atoms with E-state index in [1.165, 1.54) is 0 Å². The predicted molar refractivity (Wildman–Crippen MR) is 59.4 cm³/mol. The molecule has 0 atom stereocenters. The van der Waals surface area contributed by atoms with Crippen LogP contribution in [0.4, 0.5) is 0 Å². The highest BCUT2D eigenvalue weighted by molar-refractivity contribution is 6.63. The summed E-state index contributed by atoms with van der Waals surface area (Å²) in [6.45, 7) is 0. The van der Waals surface area contributed by atoms with E-state index in [4.69, 9.17) is 23.2 Å². The zero-order chi connectivity index (χ0) is 10.8. The number of hydrogen-bond acceptors (Lipinski definition) is 2. The molecule has 2 aromatic heterocycles. The number of hydrogen-bond donors (Lipinski definition) is 0. The molecule has 0 aliphatic heterocycles. The van der Waals surface area contributed by atoms with Crippen LogP contribution in [-0.2, 0) is 11.2 Å². The first-order valence-corrected chi connectivity index (χ1v) is 5.21. The average molecular weight is 243 g/mol. The molecule has 0 fully saturated rings. The van der Waals surface area contributed by atoms with Crippen molar-refractivity contribution in [1.82, 2.24) is 9.38 Å². The van der Waals surface area contributed by atoms with E-state index < -0.39 is 0 Å². The minimum Gasteiger partial charge on any atom is -0.306 e. The van der Waals surface area contributed by atoms with Crippen molar-refractivity contribution in [2.24, 2.45) is 0 Å². The normalized spacial score (nSPS) is 10.8.